The van der Waals surface area contributed by atoms with Gasteiger partial charge in [-0.3, -0.25) is 19.2 Å². The second kappa shape index (κ2) is 15.0. The van der Waals surface area contributed by atoms with Gasteiger partial charge in [-0.1, -0.05) is 42.8 Å². The summed E-state index contributed by atoms with van der Waals surface area (Å²) in [5.74, 6) is -3.02. The van der Waals surface area contributed by atoms with E-state index in [0.717, 1.165) is 5.75 Å². The van der Waals surface area contributed by atoms with Crippen molar-refractivity contribution < 1.29 is 48.7 Å². The summed E-state index contributed by atoms with van der Waals surface area (Å²) in [5.41, 5.74) is -2.00. The number of phenolic OH excluding ortho intramolecular Hbond substituents is 1. The molecule has 2 aromatic carbocycles. The number of terminal acetylenes is 1. The van der Waals surface area contributed by atoms with E-state index in [2.05, 4.69) is 6.11 Å². The molecule has 6 rings (SSSR count). The van der Waals surface area contributed by atoms with Crippen LogP contribution in [0.25, 0.3) is 0 Å². The van der Waals surface area contributed by atoms with Gasteiger partial charge in [0.25, 0.3) is 0 Å². The summed E-state index contributed by atoms with van der Waals surface area (Å²) < 4.78 is 16.7. The van der Waals surface area contributed by atoms with Crippen LogP contribution in [-0.2, 0) is 28.7 Å². The van der Waals surface area contributed by atoms with E-state index in [0.29, 0.717) is 70.6 Å². The number of carboxylic acids is 2. The third-order valence-electron chi connectivity index (χ3n) is 9.99. The molecule has 2 heterocycles. The summed E-state index contributed by atoms with van der Waals surface area (Å²) in [5, 5.41) is 28.4. The Bertz CT molecular complexity index is 1500. The normalized spacial score (nSPS) is 28.6. The number of nitrogens with zero attached hydrogens (tertiary/aromatic N) is 2. The number of aromatic hydroxyl groups is 1. The molecule has 6 atom stereocenters. The van der Waals surface area contributed by atoms with Crippen molar-refractivity contribution in [1.29, 1.82) is 0 Å². The lowest BCUT2D eigenvalue weighted by atomic mass is 9.76. The van der Waals surface area contributed by atoms with Gasteiger partial charge in [0, 0.05) is 19.5 Å². The fraction of sp³-hybridized carbons (Fsp3) is 0.500. The van der Waals surface area contributed by atoms with Crippen LogP contribution < -0.4 is 4.74 Å². The standard InChI is InChI=1S/C30H36N2O9.C6H6O/c1-2-39-21-10-12-29(23(18-21)25(33)34)27(37)31(29)14-6-7-15-32-28(38)30(32)13-11-22(19-24(30)26(35)36)41-17-16-40-20-8-4-3-5-9-20;7-6-4-2-1-3-5-6/h1,3-5,8-9,21-24H,6-7,10-19H2,(H,33,34)(H,35,36);1-5,7H. The number of hydrogen-bond acceptors (Lipinski definition) is 8. The first kappa shape index (κ1) is 34.6. The monoisotopic (exact) mass is 662 g/mol. The zero-order chi connectivity index (χ0) is 34.3. The van der Waals surface area contributed by atoms with Gasteiger partial charge >= 0.3 is 11.9 Å². The van der Waals surface area contributed by atoms with Crippen LogP contribution in [0.1, 0.15) is 51.4 Å². The average Bonchev–Trinajstić information content (AvgIpc) is 3.86. The molecule has 2 saturated heterocycles. The molecule has 2 amide bonds. The highest BCUT2D eigenvalue weighted by Gasteiger charge is 2.71. The number of aliphatic carboxylic acids is 2. The highest BCUT2D eigenvalue weighted by molar-refractivity contribution is 6.06. The van der Waals surface area contributed by atoms with E-state index in [-0.39, 0.29) is 36.9 Å². The summed E-state index contributed by atoms with van der Waals surface area (Å²) in [6, 6.07) is 18.1. The lowest BCUT2D eigenvalue weighted by molar-refractivity contribution is -0.148. The van der Waals surface area contributed by atoms with Crippen molar-refractivity contribution in [2.75, 3.05) is 26.3 Å². The van der Waals surface area contributed by atoms with Crippen molar-refractivity contribution in [3.8, 4) is 24.0 Å². The van der Waals surface area contributed by atoms with Gasteiger partial charge in [-0.05, 0) is 69.2 Å². The number of carbonyl (C=O) groups is 4. The third-order valence-corrected chi connectivity index (χ3v) is 9.99. The fourth-order valence-corrected chi connectivity index (χ4v) is 7.49. The Hall–Kier alpha value is -4.76. The lowest BCUT2D eigenvalue weighted by Gasteiger charge is -2.33. The minimum absolute atomic E-state index is 0.146. The molecular weight excluding hydrogens is 620 g/mol. The molecular formula is C36H42N2O10. The topological polar surface area (TPSA) is 163 Å². The van der Waals surface area contributed by atoms with E-state index in [1.54, 1.807) is 34.1 Å². The van der Waals surface area contributed by atoms with Crippen LogP contribution in [0, 0.1) is 24.4 Å². The van der Waals surface area contributed by atoms with Gasteiger partial charge in [-0.2, -0.15) is 0 Å². The van der Waals surface area contributed by atoms with Gasteiger partial charge in [0.05, 0.1) is 24.5 Å². The van der Waals surface area contributed by atoms with E-state index in [4.69, 9.17) is 25.7 Å². The minimum atomic E-state index is -1.04. The van der Waals surface area contributed by atoms with Crippen LogP contribution in [0.4, 0.5) is 0 Å². The molecule has 4 fully saturated rings. The molecule has 256 valence electrons. The molecule has 0 radical (unpaired) electrons. The van der Waals surface area contributed by atoms with Gasteiger partial charge < -0.3 is 39.3 Å². The number of unbranched alkanes of at least 4 members (excludes halogenated alkanes) is 1. The molecule has 2 aromatic rings. The van der Waals surface area contributed by atoms with Crippen molar-refractivity contribution >= 4 is 23.8 Å². The smallest absolute Gasteiger partial charge is 0.309 e. The highest BCUT2D eigenvalue weighted by Crippen LogP contribution is 2.52. The summed E-state index contributed by atoms with van der Waals surface area (Å²) in [6.45, 7) is 1.46. The molecule has 48 heavy (non-hydrogen) atoms. The van der Waals surface area contributed by atoms with Gasteiger partial charge in [0.1, 0.15) is 41.4 Å². The van der Waals surface area contributed by atoms with Crippen LogP contribution in [-0.4, -0.2) is 98.5 Å². The van der Waals surface area contributed by atoms with E-state index < -0.39 is 34.9 Å². The molecule has 12 nitrogen and oxygen atoms in total. The van der Waals surface area contributed by atoms with Crippen LogP contribution >= 0.6 is 0 Å². The van der Waals surface area contributed by atoms with Crippen LogP contribution in [0.15, 0.2) is 60.7 Å². The number of carboxylic acid groups (broad SMARTS) is 2. The summed E-state index contributed by atoms with van der Waals surface area (Å²) in [4.78, 5) is 53.1. The lowest BCUT2D eigenvalue weighted by Crippen LogP contribution is -2.44. The van der Waals surface area contributed by atoms with Gasteiger partial charge in [-0.15, -0.1) is 0 Å². The maximum Gasteiger partial charge on any atom is 0.309 e. The number of ether oxygens (including phenoxy) is 3. The molecule has 0 aromatic heterocycles. The number of para-hydroxylation sites is 2. The van der Waals surface area contributed by atoms with Crippen molar-refractivity contribution in [1.82, 2.24) is 9.80 Å². The Morgan fingerprint density at radius 2 is 1.29 bits per heavy atom. The SMILES string of the molecule is C#COC1CCC2(C(=O)N2CCCCN2C(=O)C23CCC(OCCOc2ccccc2)CC3C(=O)O)C(C(=O)O)C1.Oc1ccccc1. The zero-order valence-corrected chi connectivity index (χ0v) is 26.7. The van der Waals surface area contributed by atoms with Gasteiger partial charge in [0.2, 0.25) is 11.8 Å². The van der Waals surface area contributed by atoms with Crippen molar-refractivity contribution in [2.24, 2.45) is 11.8 Å². The second-order valence-corrected chi connectivity index (χ2v) is 12.6. The third kappa shape index (κ3) is 7.21. The fourth-order valence-electron chi connectivity index (χ4n) is 7.49. The Morgan fingerprint density at radius 3 is 1.77 bits per heavy atom. The van der Waals surface area contributed by atoms with Crippen LogP contribution in [0.2, 0.25) is 0 Å². The van der Waals surface area contributed by atoms with Crippen molar-refractivity contribution in [3.05, 3.63) is 60.7 Å². The van der Waals surface area contributed by atoms with Gasteiger partial charge in [0.15, 0.2) is 0 Å². The van der Waals surface area contributed by atoms with Crippen molar-refractivity contribution in [2.45, 2.75) is 74.7 Å². The molecule has 0 bridgehead atoms. The van der Waals surface area contributed by atoms with E-state index in [1.165, 1.54) is 0 Å². The first-order valence-corrected chi connectivity index (χ1v) is 16.4. The Morgan fingerprint density at radius 1 is 0.792 bits per heavy atom. The number of benzene rings is 2. The average molecular weight is 663 g/mol. The minimum Gasteiger partial charge on any atom is -0.508 e. The van der Waals surface area contributed by atoms with Crippen LogP contribution in [0.5, 0.6) is 11.5 Å². The predicted molar refractivity (Wildman–Crippen MR) is 172 cm³/mol. The number of phenols is 1. The number of amides is 2. The van der Waals surface area contributed by atoms with Crippen LogP contribution in [0.3, 0.4) is 0 Å². The Labute approximate surface area is 279 Å². The van der Waals surface area contributed by atoms with E-state index in [1.807, 2.05) is 36.4 Å². The highest BCUT2D eigenvalue weighted by atomic mass is 16.5. The van der Waals surface area contributed by atoms with Crippen molar-refractivity contribution in [3.63, 3.8) is 0 Å². The molecule has 2 saturated carbocycles. The zero-order valence-electron chi connectivity index (χ0n) is 26.7. The molecule has 12 heteroatoms. The van der Waals surface area contributed by atoms with E-state index in [9.17, 15) is 29.4 Å². The summed E-state index contributed by atoms with van der Waals surface area (Å²) in [7, 11) is 0. The molecule has 2 spiro atoms. The number of rotatable bonds is 13. The first-order valence-electron chi connectivity index (χ1n) is 16.4. The number of carbonyl (C=O) groups excluding carboxylic acids is 2. The Balaban J connectivity index is 0.000000572. The quantitative estimate of drug-likeness (QED) is 0.164. The second-order valence-electron chi connectivity index (χ2n) is 12.6. The van der Waals surface area contributed by atoms with E-state index >= 15 is 0 Å². The number of hydrogen-bond donors (Lipinski definition) is 3. The molecule has 2 aliphatic carbocycles. The molecule has 4 aliphatic rings. The maximum atomic E-state index is 12.9. The molecule has 6 unspecified atom stereocenters. The summed E-state index contributed by atoms with van der Waals surface area (Å²) >= 11 is 0. The maximum absolute atomic E-state index is 12.9. The predicted octanol–water partition coefficient (Wildman–Crippen LogP) is 3.53. The van der Waals surface area contributed by atoms with Gasteiger partial charge in [-0.25, -0.2) is 0 Å². The first-order chi connectivity index (χ1) is 23.1. The largest absolute Gasteiger partial charge is 0.508 e. The summed E-state index contributed by atoms with van der Waals surface area (Å²) in [6.07, 6.45) is 10.2. The Kier molecular flexibility index (Phi) is 10.8. The molecule has 3 N–H and O–H groups in total. The molecule has 2 aliphatic heterocycles.